The molecule has 3 heteroatoms. The van der Waals surface area contributed by atoms with Crippen molar-refractivity contribution in [2.75, 3.05) is 13.2 Å². The molecule has 1 aromatic carbocycles. The highest BCUT2D eigenvalue weighted by Gasteiger charge is 2.41. The van der Waals surface area contributed by atoms with E-state index in [9.17, 15) is 5.11 Å². The zero-order chi connectivity index (χ0) is 15.3. The van der Waals surface area contributed by atoms with Crippen LogP contribution in [0.25, 0.3) is 0 Å². The molecule has 2 aliphatic rings. The van der Waals surface area contributed by atoms with E-state index in [1.807, 2.05) is 0 Å². The normalized spacial score (nSPS) is 23.0. The molecule has 1 N–H and O–H groups in total. The molecule has 1 aliphatic heterocycles. The van der Waals surface area contributed by atoms with Crippen molar-refractivity contribution in [1.82, 2.24) is 0 Å². The average molecular weight is 304 g/mol. The molecule has 0 aromatic heterocycles. The lowest BCUT2D eigenvalue weighted by molar-refractivity contribution is -0.187. The first-order chi connectivity index (χ1) is 10.8. The van der Waals surface area contributed by atoms with E-state index in [0.29, 0.717) is 5.92 Å². The minimum atomic E-state index is -0.302. The SMILES string of the molecule is O[C@@H](CCCCc1ccccc1)C1CCC2(CC1)OCCO2. The molecule has 122 valence electrons. The van der Waals surface area contributed by atoms with Gasteiger partial charge in [0.25, 0.3) is 0 Å². The van der Waals surface area contributed by atoms with Gasteiger partial charge in [0.2, 0.25) is 0 Å². The van der Waals surface area contributed by atoms with E-state index in [0.717, 1.165) is 64.6 Å². The number of hydrogen-bond donors (Lipinski definition) is 1. The molecule has 0 bridgehead atoms. The summed E-state index contributed by atoms with van der Waals surface area (Å²) in [7, 11) is 0. The van der Waals surface area contributed by atoms with Gasteiger partial charge in [-0.25, -0.2) is 0 Å². The fourth-order valence-corrected chi connectivity index (χ4v) is 3.81. The molecule has 1 aliphatic carbocycles. The number of aryl methyl sites for hydroxylation is 1. The summed E-state index contributed by atoms with van der Waals surface area (Å²) in [6.07, 6.45) is 8.08. The Bertz CT molecular complexity index is 429. The van der Waals surface area contributed by atoms with Crippen LogP contribution >= 0.6 is 0 Å². The Labute approximate surface area is 133 Å². The van der Waals surface area contributed by atoms with Crippen LogP contribution in [0.2, 0.25) is 0 Å². The Kier molecular flexibility index (Phi) is 5.51. The molecule has 2 fully saturated rings. The number of aliphatic hydroxyl groups is 1. The Morgan fingerprint density at radius 2 is 1.73 bits per heavy atom. The first-order valence-electron chi connectivity index (χ1n) is 8.77. The molecule has 1 heterocycles. The van der Waals surface area contributed by atoms with Crippen LogP contribution in [0.5, 0.6) is 0 Å². The molecule has 3 rings (SSSR count). The number of rotatable bonds is 6. The second-order valence-electron chi connectivity index (χ2n) is 6.74. The van der Waals surface area contributed by atoms with E-state index >= 15 is 0 Å². The fraction of sp³-hybridized carbons (Fsp3) is 0.684. The maximum atomic E-state index is 10.4. The predicted octanol–water partition coefficient (Wildman–Crippen LogP) is 3.69. The highest BCUT2D eigenvalue weighted by Crippen LogP contribution is 2.40. The van der Waals surface area contributed by atoms with Gasteiger partial charge in [-0.2, -0.15) is 0 Å². The number of unbranched alkanes of at least 4 members (excludes halogenated alkanes) is 1. The lowest BCUT2D eigenvalue weighted by Crippen LogP contribution is -2.38. The van der Waals surface area contributed by atoms with Crippen LogP contribution in [0.1, 0.15) is 50.5 Å². The Balaban J connectivity index is 1.33. The van der Waals surface area contributed by atoms with Gasteiger partial charge in [-0.05, 0) is 43.6 Å². The smallest absolute Gasteiger partial charge is 0.168 e. The van der Waals surface area contributed by atoms with Gasteiger partial charge in [0.15, 0.2) is 5.79 Å². The molecule has 3 nitrogen and oxygen atoms in total. The van der Waals surface area contributed by atoms with E-state index in [-0.39, 0.29) is 11.9 Å². The van der Waals surface area contributed by atoms with Gasteiger partial charge in [-0.1, -0.05) is 36.8 Å². The van der Waals surface area contributed by atoms with Crippen molar-refractivity contribution < 1.29 is 14.6 Å². The third-order valence-corrected chi connectivity index (χ3v) is 5.21. The van der Waals surface area contributed by atoms with Gasteiger partial charge in [0.1, 0.15) is 0 Å². The van der Waals surface area contributed by atoms with Crippen LogP contribution in [-0.2, 0) is 15.9 Å². The summed E-state index contributed by atoms with van der Waals surface area (Å²) in [5.74, 6) is 0.124. The summed E-state index contributed by atoms with van der Waals surface area (Å²) < 4.78 is 11.5. The average Bonchev–Trinajstić information content (AvgIpc) is 3.01. The maximum Gasteiger partial charge on any atom is 0.168 e. The number of benzene rings is 1. The number of aliphatic hydroxyl groups excluding tert-OH is 1. The zero-order valence-corrected chi connectivity index (χ0v) is 13.4. The summed E-state index contributed by atoms with van der Waals surface area (Å²) in [6, 6.07) is 10.6. The Morgan fingerprint density at radius 1 is 1.05 bits per heavy atom. The summed E-state index contributed by atoms with van der Waals surface area (Å²) in [6.45, 7) is 1.46. The molecule has 0 amide bonds. The van der Waals surface area contributed by atoms with Crippen molar-refractivity contribution in [3.05, 3.63) is 35.9 Å². The quantitative estimate of drug-likeness (QED) is 0.815. The fourth-order valence-electron chi connectivity index (χ4n) is 3.81. The lowest BCUT2D eigenvalue weighted by Gasteiger charge is -2.37. The standard InChI is InChI=1S/C19H28O3/c20-18(9-5-4-8-16-6-2-1-3-7-16)17-10-12-19(13-11-17)21-14-15-22-19/h1-3,6-7,17-18,20H,4-5,8-15H2/t18-/m0/s1. The van der Waals surface area contributed by atoms with Gasteiger partial charge >= 0.3 is 0 Å². The highest BCUT2D eigenvalue weighted by atomic mass is 16.7. The van der Waals surface area contributed by atoms with E-state index in [1.54, 1.807) is 0 Å². The highest BCUT2D eigenvalue weighted by molar-refractivity contribution is 5.14. The van der Waals surface area contributed by atoms with Crippen LogP contribution < -0.4 is 0 Å². The second kappa shape index (κ2) is 7.58. The topological polar surface area (TPSA) is 38.7 Å². The number of ether oxygens (including phenoxy) is 2. The third-order valence-electron chi connectivity index (χ3n) is 5.21. The molecule has 1 atom stereocenters. The molecular weight excluding hydrogens is 276 g/mol. The lowest BCUT2D eigenvalue weighted by atomic mass is 9.80. The summed E-state index contributed by atoms with van der Waals surface area (Å²) in [5, 5.41) is 10.4. The first-order valence-corrected chi connectivity index (χ1v) is 8.77. The van der Waals surface area contributed by atoms with Gasteiger partial charge < -0.3 is 14.6 Å². The van der Waals surface area contributed by atoms with Crippen molar-refractivity contribution in [2.24, 2.45) is 5.92 Å². The van der Waals surface area contributed by atoms with E-state index < -0.39 is 0 Å². The molecule has 1 spiro atoms. The Hall–Kier alpha value is -0.900. The van der Waals surface area contributed by atoms with Crippen LogP contribution in [-0.4, -0.2) is 30.2 Å². The molecule has 0 radical (unpaired) electrons. The van der Waals surface area contributed by atoms with Gasteiger partial charge in [-0.15, -0.1) is 0 Å². The van der Waals surface area contributed by atoms with Crippen molar-refractivity contribution in [3.8, 4) is 0 Å². The van der Waals surface area contributed by atoms with Crippen LogP contribution in [0.3, 0.4) is 0 Å². The molecule has 22 heavy (non-hydrogen) atoms. The van der Waals surface area contributed by atoms with Crippen LogP contribution in [0.4, 0.5) is 0 Å². The van der Waals surface area contributed by atoms with E-state index in [1.165, 1.54) is 5.56 Å². The van der Waals surface area contributed by atoms with E-state index in [4.69, 9.17) is 9.47 Å². The van der Waals surface area contributed by atoms with E-state index in [2.05, 4.69) is 30.3 Å². The predicted molar refractivity (Wildman–Crippen MR) is 86.6 cm³/mol. The third kappa shape index (κ3) is 4.09. The van der Waals surface area contributed by atoms with Crippen molar-refractivity contribution in [3.63, 3.8) is 0 Å². The first kappa shape index (κ1) is 16.0. The van der Waals surface area contributed by atoms with Crippen molar-refractivity contribution in [1.29, 1.82) is 0 Å². The minimum absolute atomic E-state index is 0.158. The zero-order valence-electron chi connectivity index (χ0n) is 13.4. The molecular formula is C19H28O3. The monoisotopic (exact) mass is 304 g/mol. The minimum Gasteiger partial charge on any atom is -0.393 e. The van der Waals surface area contributed by atoms with Crippen LogP contribution in [0.15, 0.2) is 30.3 Å². The number of hydrogen-bond acceptors (Lipinski definition) is 3. The second-order valence-corrected chi connectivity index (χ2v) is 6.74. The maximum absolute atomic E-state index is 10.4. The molecule has 1 saturated carbocycles. The van der Waals surface area contributed by atoms with Gasteiger partial charge in [0, 0.05) is 12.8 Å². The van der Waals surface area contributed by atoms with Crippen molar-refractivity contribution >= 4 is 0 Å². The summed E-state index contributed by atoms with van der Waals surface area (Å²) in [4.78, 5) is 0. The largest absolute Gasteiger partial charge is 0.393 e. The van der Waals surface area contributed by atoms with Gasteiger partial charge in [0.05, 0.1) is 19.3 Å². The Morgan fingerprint density at radius 3 is 2.41 bits per heavy atom. The molecule has 1 aromatic rings. The van der Waals surface area contributed by atoms with Crippen LogP contribution in [0, 0.1) is 5.92 Å². The van der Waals surface area contributed by atoms with Gasteiger partial charge in [-0.3, -0.25) is 0 Å². The summed E-state index contributed by atoms with van der Waals surface area (Å²) in [5.41, 5.74) is 1.40. The van der Waals surface area contributed by atoms with Crippen molar-refractivity contribution in [2.45, 2.75) is 63.3 Å². The summed E-state index contributed by atoms with van der Waals surface area (Å²) >= 11 is 0. The molecule has 0 unspecified atom stereocenters. The molecule has 1 saturated heterocycles.